The highest BCUT2D eigenvalue weighted by Gasteiger charge is 2.36. The number of hydrogen-bond acceptors (Lipinski definition) is 4. The number of piperidine rings is 1. The molecule has 1 N–H and O–H groups in total. The van der Waals surface area contributed by atoms with Gasteiger partial charge >= 0.3 is 6.03 Å². The van der Waals surface area contributed by atoms with Crippen molar-refractivity contribution < 1.29 is 9.53 Å². The second-order valence-electron chi connectivity index (χ2n) is 7.68. The van der Waals surface area contributed by atoms with Gasteiger partial charge < -0.3 is 24.8 Å². The van der Waals surface area contributed by atoms with Crippen LogP contribution in [0.15, 0.2) is 24.3 Å². The van der Waals surface area contributed by atoms with Crippen LogP contribution >= 0.6 is 0 Å². The summed E-state index contributed by atoms with van der Waals surface area (Å²) in [5, 5.41) is 3.20. The van der Waals surface area contributed by atoms with Crippen LogP contribution in [0.5, 0.6) is 5.75 Å². The van der Waals surface area contributed by atoms with Gasteiger partial charge in [-0.25, -0.2) is 4.79 Å². The van der Waals surface area contributed by atoms with E-state index in [1.165, 1.54) is 0 Å². The molecule has 0 radical (unpaired) electrons. The lowest BCUT2D eigenvalue weighted by molar-refractivity contribution is 0.0663. The van der Waals surface area contributed by atoms with Crippen LogP contribution in [0.2, 0.25) is 0 Å². The van der Waals surface area contributed by atoms with E-state index in [9.17, 15) is 4.79 Å². The van der Waals surface area contributed by atoms with Crippen molar-refractivity contribution in [3.63, 3.8) is 0 Å². The molecule has 152 valence electrons. The molecule has 1 aromatic carbocycles. The highest BCUT2D eigenvalue weighted by atomic mass is 16.5. The molecule has 1 heterocycles. The first-order valence-electron chi connectivity index (χ1n) is 10.0. The number of amides is 2. The van der Waals surface area contributed by atoms with Crippen LogP contribution in [0.25, 0.3) is 0 Å². The topological polar surface area (TPSA) is 48.1 Å². The zero-order chi connectivity index (χ0) is 19.9. The van der Waals surface area contributed by atoms with Crippen molar-refractivity contribution in [1.82, 2.24) is 20.0 Å². The van der Waals surface area contributed by atoms with Gasteiger partial charge in [0.25, 0.3) is 0 Å². The van der Waals surface area contributed by atoms with Gasteiger partial charge in [-0.15, -0.1) is 0 Å². The molecule has 0 spiro atoms. The Balaban J connectivity index is 1.97. The van der Waals surface area contributed by atoms with Gasteiger partial charge in [-0.3, -0.25) is 0 Å². The monoisotopic (exact) mass is 376 g/mol. The largest absolute Gasteiger partial charge is 0.494 e. The van der Waals surface area contributed by atoms with Crippen LogP contribution in [-0.4, -0.2) is 80.2 Å². The molecule has 0 aliphatic carbocycles. The molecule has 1 aliphatic heterocycles. The minimum absolute atomic E-state index is 0.000494. The molecule has 1 fully saturated rings. The van der Waals surface area contributed by atoms with Crippen LogP contribution in [0, 0.1) is 0 Å². The van der Waals surface area contributed by atoms with Gasteiger partial charge in [0.2, 0.25) is 0 Å². The van der Waals surface area contributed by atoms with E-state index in [0.717, 1.165) is 37.2 Å². The molecule has 6 nitrogen and oxygen atoms in total. The summed E-state index contributed by atoms with van der Waals surface area (Å²) in [6, 6.07) is 7.98. The van der Waals surface area contributed by atoms with Crippen molar-refractivity contribution >= 4 is 6.03 Å². The quantitative estimate of drug-likeness (QED) is 0.758. The number of carbonyl (C=O) groups is 1. The smallest absolute Gasteiger partial charge is 0.317 e. The first-order valence-corrected chi connectivity index (χ1v) is 10.0. The fraction of sp³-hybridized carbons (Fsp3) is 0.667. The van der Waals surface area contributed by atoms with Crippen molar-refractivity contribution in [1.29, 1.82) is 0 Å². The molecule has 1 aromatic rings. The van der Waals surface area contributed by atoms with Gasteiger partial charge in [0.15, 0.2) is 0 Å². The number of likely N-dealkylation sites (N-methyl/N-ethyl adjacent to an activating group) is 1. The number of urea groups is 1. The highest BCUT2D eigenvalue weighted by Crippen LogP contribution is 2.26. The van der Waals surface area contributed by atoms with E-state index < -0.39 is 0 Å². The summed E-state index contributed by atoms with van der Waals surface area (Å²) in [6.45, 7) is 8.70. The third-order valence-corrected chi connectivity index (χ3v) is 5.69. The summed E-state index contributed by atoms with van der Waals surface area (Å²) >= 11 is 0. The molecule has 0 bridgehead atoms. The Morgan fingerprint density at radius 2 is 1.96 bits per heavy atom. The standard InChI is InChI=1S/C21H36N4O2/c1-6-25(16-18-9-8-10-19(15-18)27-7-2)20(26)22-17-21(23(3)4)11-13-24(5)14-12-21/h8-10,15H,6-7,11-14,16-17H2,1-5H3,(H,22,26). The second-order valence-corrected chi connectivity index (χ2v) is 7.68. The summed E-state index contributed by atoms with van der Waals surface area (Å²) < 4.78 is 5.57. The molecule has 2 rings (SSSR count). The molecule has 27 heavy (non-hydrogen) atoms. The van der Waals surface area contributed by atoms with E-state index in [2.05, 4.69) is 36.3 Å². The number of nitrogens with one attached hydrogen (secondary N) is 1. The van der Waals surface area contributed by atoms with E-state index in [0.29, 0.717) is 26.2 Å². The van der Waals surface area contributed by atoms with Crippen molar-refractivity contribution in [2.24, 2.45) is 0 Å². The Bertz CT molecular complexity index is 598. The summed E-state index contributed by atoms with van der Waals surface area (Å²) in [5.41, 5.74) is 1.12. The lowest BCUT2D eigenvalue weighted by atomic mass is 9.86. The van der Waals surface area contributed by atoms with Crippen molar-refractivity contribution in [2.75, 3.05) is 53.9 Å². The number of nitrogens with zero attached hydrogens (tertiary/aromatic N) is 3. The second kappa shape index (κ2) is 9.95. The van der Waals surface area contributed by atoms with E-state index in [1.807, 2.05) is 43.0 Å². The lowest BCUT2D eigenvalue weighted by Crippen LogP contribution is -2.59. The SMILES string of the molecule is CCOc1cccc(CN(CC)C(=O)NCC2(N(C)C)CCN(C)CC2)c1. The highest BCUT2D eigenvalue weighted by molar-refractivity contribution is 5.74. The average Bonchev–Trinajstić information content (AvgIpc) is 2.66. The van der Waals surface area contributed by atoms with Crippen LogP contribution in [0.1, 0.15) is 32.3 Å². The minimum atomic E-state index is -0.000494. The van der Waals surface area contributed by atoms with Gasteiger partial charge in [-0.1, -0.05) is 12.1 Å². The van der Waals surface area contributed by atoms with Gasteiger partial charge in [0.1, 0.15) is 5.75 Å². The van der Waals surface area contributed by atoms with E-state index >= 15 is 0 Å². The molecule has 2 amide bonds. The van der Waals surface area contributed by atoms with Gasteiger partial charge in [0, 0.05) is 25.2 Å². The number of benzene rings is 1. The van der Waals surface area contributed by atoms with E-state index in [4.69, 9.17) is 4.74 Å². The maximum atomic E-state index is 12.8. The number of carbonyl (C=O) groups excluding carboxylic acids is 1. The van der Waals surface area contributed by atoms with Gasteiger partial charge in [-0.05, 0) is 78.6 Å². The lowest BCUT2D eigenvalue weighted by Gasteiger charge is -2.45. The summed E-state index contributed by atoms with van der Waals surface area (Å²) in [7, 11) is 6.40. The number of hydrogen-bond donors (Lipinski definition) is 1. The van der Waals surface area contributed by atoms with Gasteiger partial charge in [-0.2, -0.15) is 0 Å². The zero-order valence-electron chi connectivity index (χ0n) is 17.6. The summed E-state index contributed by atoms with van der Waals surface area (Å²) in [4.78, 5) is 19.3. The molecule has 0 aromatic heterocycles. The van der Waals surface area contributed by atoms with Crippen molar-refractivity contribution in [3.05, 3.63) is 29.8 Å². The first kappa shape index (κ1) is 21.5. The van der Waals surface area contributed by atoms with Crippen LogP contribution in [0.4, 0.5) is 4.79 Å². The Hall–Kier alpha value is -1.79. The Morgan fingerprint density at radius 1 is 1.26 bits per heavy atom. The number of rotatable bonds is 8. The number of ether oxygens (including phenoxy) is 1. The van der Waals surface area contributed by atoms with Crippen LogP contribution in [-0.2, 0) is 6.54 Å². The Labute approximate surface area is 164 Å². The first-order chi connectivity index (χ1) is 12.9. The molecule has 1 saturated heterocycles. The molecular weight excluding hydrogens is 340 g/mol. The van der Waals surface area contributed by atoms with Crippen molar-refractivity contribution in [2.45, 2.75) is 38.8 Å². The Kier molecular flexibility index (Phi) is 7.92. The van der Waals surface area contributed by atoms with Crippen molar-refractivity contribution in [3.8, 4) is 5.75 Å². The predicted octanol–water partition coefficient (Wildman–Crippen LogP) is 2.64. The fourth-order valence-corrected chi connectivity index (χ4v) is 3.62. The third-order valence-electron chi connectivity index (χ3n) is 5.69. The predicted molar refractivity (Wildman–Crippen MR) is 110 cm³/mol. The third kappa shape index (κ3) is 5.84. The molecule has 0 saturated carbocycles. The summed E-state index contributed by atoms with van der Waals surface area (Å²) in [6.07, 6.45) is 2.14. The maximum Gasteiger partial charge on any atom is 0.317 e. The number of likely N-dealkylation sites (tertiary alicyclic amines) is 1. The molecule has 1 aliphatic rings. The van der Waals surface area contributed by atoms with Crippen LogP contribution in [0.3, 0.4) is 0 Å². The van der Waals surface area contributed by atoms with Crippen LogP contribution < -0.4 is 10.1 Å². The molecule has 6 heteroatoms. The summed E-state index contributed by atoms with van der Waals surface area (Å²) in [5.74, 6) is 0.851. The Morgan fingerprint density at radius 3 is 2.56 bits per heavy atom. The molecular formula is C21H36N4O2. The molecule has 0 atom stereocenters. The molecule has 0 unspecified atom stereocenters. The van der Waals surface area contributed by atoms with Gasteiger partial charge in [0.05, 0.1) is 6.61 Å². The zero-order valence-corrected chi connectivity index (χ0v) is 17.6. The average molecular weight is 377 g/mol. The minimum Gasteiger partial charge on any atom is -0.494 e. The maximum absolute atomic E-state index is 12.8. The van der Waals surface area contributed by atoms with E-state index in [-0.39, 0.29) is 11.6 Å². The van der Waals surface area contributed by atoms with E-state index in [1.54, 1.807) is 0 Å². The normalized spacial score (nSPS) is 17.0. The fourth-order valence-electron chi connectivity index (χ4n) is 3.62.